The quantitative estimate of drug-likeness (QED) is 0.448. The summed E-state index contributed by atoms with van der Waals surface area (Å²) in [6.45, 7) is 1.75. The first-order valence-corrected chi connectivity index (χ1v) is 9.96. The Morgan fingerprint density at radius 3 is 2.75 bits per heavy atom. The fourth-order valence-electron chi connectivity index (χ4n) is 2.49. The van der Waals surface area contributed by atoms with Gasteiger partial charge in [-0.05, 0) is 0 Å². The standard InChI is InChI=1S/C19H18O4Se/c1-2-18(20)22-16-9-6-10-17-15(16)11-13(19(21)23-17)12-24-14-7-4-3-5-8-14/h3-10,13H,2,11-12H2,1H3. The van der Waals surface area contributed by atoms with Gasteiger partial charge in [0.15, 0.2) is 0 Å². The summed E-state index contributed by atoms with van der Waals surface area (Å²) in [6, 6.07) is 15.4. The van der Waals surface area contributed by atoms with Crippen LogP contribution in [-0.4, -0.2) is 26.9 Å². The van der Waals surface area contributed by atoms with E-state index in [4.69, 9.17) is 9.47 Å². The van der Waals surface area contributed by atoms with Gasteiger partial charge in [0.1, 0.15) is 0 Å². The van der Waals surface area contributed by atoms with Gasteiger partial charge in [-0.2, -0.15) is 0 Å². The fourth-order valence-corrected chi connectivity index (χ4v) is 4.59. The third-order valence-electron chi connectivity index (χ3n) is 3.79. The maximum absolute atomic E-state index is 12.2. The predicted molar refractivity (Wildman–Crippen MR) is 91.8 cm³/mol. The SMILES string of the molecule is CCC(=O)Oc1cccc2c1CC(C[Se]c1ccccc1)C(=O)O2. The number of ether oxygens (including phenoxy) is 2. The number of carbonyl (C=O) groups excluding carboxylic acids is 2. The summed E-state index contributed by atoms with van der Waals surface area (Å²) in [7, 11) is 0. The summed E-state index contributed by atoms with van der Waals surface area (Å²) >= 11 is 0.206. The van der Waals surface area contributed by atoms with Crippen LogP contribution in [0.25, 0.3) is 0 Å². The number of fused-ring (bicyclic) bond motifs is 1. The van der Waals surface area contributed by atoms with Crippen molar-refractivity contribution in [2.75, 3.05) is 0 Å². The molecule has 0 bridgehead atoms. The molecule has 0 aromatic heterocycles. The predicted octanol–water partition coefficient (Wildman–Crippen LogP) is 2.53. The molecule has 0 aliphatic carbocycles. The van der Waals surface area contributed by atoms with Crippen LogP contribution in [0, 0.1) is 5.92 Å². The summed E-state index contributed by atoms with van der Waals surface area (Å²) in [6.07, 6.45) is 0.861. The van der Waals surface area contributed by atoms with Crippen molar-refractivity contribution in [3.63, 3.8) is 0 Å². The normalized spacial score (nSPS) is 16.2. The molecule has 2 aromatic carbocycles. The molecule has 24 heavy (non-hydrogen) atoms. The van der Waals surface area contributed by atoms with E-state index in [2.05, 4.69) is 12.1 Å². The molecule has 4 nitrogen and oxygen atoms in total. The molecule has 0 radical (unpaired) electrons. The summed E-state index contributed by atoms with van der Waals surface area (Å²) in [5, 5.41) is 0.769. The summed E-state index contributed by atoms with van der Waals surface area (Å²) < 4.78 is 12.1. The van der Waals surface area contributed by atoms with E-state index in [1.165, 1.54) is 4.46 Å². The molecule has 1 heterocycles. The molecule has 0 amide bonds. The van der Waals surface area contributed by atoms with Crippen LogP contribution in [0.3, 0.4) is 0 Å². The first kappa shape index (κ1) is 16.7. The number of hydrogen-bond acceptors (Lipinski definition) is 4. The van der Waals surface area contributed by atoms with Crippen molar-refractivity contribution < 1.29 is 19.1 Å². The van der Waals surface area contributed by atoms with Gasteiger partial charge in [0, 0.05) is 0 Å². The fraction of sp³-hybridized carbons (Fsp3) is 0.263. The summed E-state index contributed by atoms with van der Waals surface area (Å²) in [5.74, 6) is 0.331. The van der Waals surface area contributed by atoms with Crippen molar-refractivity contribution in [2.45, 2.75) is 25.1 Å². The molecule has 0 saturated heterocycles. The number of carbonyl (C=O) groups is 2. The minimum atomic E-state index is -0.287. The average Bonchev–Trinajstić information content (AvgIpc) is 2.61. The van der Waals surface area contributed by atoms with Crippen LogP contribution in [-0.2, 0) is 16.0 Å². The zero-order chi connectivity index (χ0) is 16.9. The molecular weight excluding hydrogens is 371 g/mol. The third-order valence-corrected chi connectivity index (χ3v) is 6.26. The second kappa shape index (κ2) is 7.65. The Kier molecular flexibility index (Phi) is 5.34. The van der Waals surface area contributed by atoms with Crippen LogP contribution < -0.4 is 13.9 Å². The van der Waals surface area contributed by atoms with Crippen molar-refractivity contribution in [2.24, 2.45) is 5.92 Å². The Labute approximate surface area is 147 Å². The molecule has 1 atom stereocenters. The van der Waals surface area contributed by atoms with Gasteiger partial charge in [0.2, 0.25) is 0 Å². The molecular formula is C19H18O4Se. The molecule has 0 fully saturated rings. The molecule has 0 spiro atoms. The molecule has 124 valence electrons. The molecule has 3 rings (SSSR count). The van der Waals surface area contributed by atoms with Gasteiger partial charge in [0.05, 0.1) is 0 Å². The topological polar surface area (TPSA) is 52.6 Å². The molecule has 5 heteroatoms. The van der Waals surface area contributed by atoms with Crippen LogP contribution in [0.1, 0.15) is 18.9 Å². The van der Waals surface area contributed by atoms with Gasteiger partial charge in [-0.15, -0.1) is 0 Å². The Morgan fingerprint density at radius 1 is 1.21 bits per heavy atom. The Morgan fingerprint density at radius 2 is 2.00 bits per heavy atom. The van der Waals surface area contributed by atoms with E-state index >= 15 is 0 Å². The maximum atomic E-state index is 12.2. The second-order valence-electron chi connectivity index (χ2n) is 5.51. The van der Waals surface area contributed by atoms with Gasteiger partial charge < -0.3 is 0 Å². The Bertz CT molecular complexity index is 742. The summed E-state index contributed by atoms with van der Waals surface area (Å²) in [5.41, 5.74) is 0.813. The van der Waals surface area contributed by atoms with Crippen molar-refractivity contribution in [1.29, 1.82) is 0 Å². The number of esters is 2. The summed E-state index contributed by atoms with van der Waals surface area (Å²) in [4.78, 5) is 23.8. The third kappa shape index (κ3) is 3.86. The first-order valence-electron chi connectivity index (χ1n) is 7.89. The van der Waals surface area contributed by atoms with E-state index in [1.54, 1.807) is 25.1 Å². The van der Waals surface area contributed by atoms with Crippen LogP contribution in [0.2, 0.25) is 5.32 Å². The van der Waals surface area contributed by atoms with Crippen LogP contribution in [0.15, 0.2) is 48.5 Å². The second-order valence-corrected chi connectivity index (χ2v) is 7.80. The van der Waals surface area contributed by atoms with E-state index in [1.807, 2.05) is 18.2 Å². The zero-order valence-corrected chi connectivity index (χ0v) is 15.1. The van der Waals surface area contributed by atoms with Crippen LogP contribution >= 0.6 is 0 Å². The molecule has 0 saturated carbocycles. The van der Waals surface area contributed by atoms with Crippen molar-refractivity contribution >= 4 is 31.4 Å². The van der Waals surface area contributed by atoms with E-state index < -0.39 is 0 Å². The van der Waals surface area contributed by atoms with Crippen molar-refractivity contribution in [1.82, 2.24) is 0 Å². The van der Waals surface area contributed by atoms with E-state index in [9.17, 15) is 9.59 Å². The van der Waals surface area contributed by atoms with Crippen LogP contribution in [0.4, 0.5) is 0 Å². The van der Waals surface area contributed by atoms with Gasteiger partial charge in [0.25, 0.3) is 0 Å². The zero-order valence-electron chi connectivity index (χ0n) is 13.4. The molecule has 1 unspecified atom stereocenters. The molecule has 1 aliphatic rings. The molecule has 1 aliphatic heterocycles. The van der Waals surface area contributed by atoms with Crippen LogP contribution in [0.5, 0.6) is 11.5 Å². The molecule has 0 N–H and O–H groups in total. The average molecular weight is 389 g/mol. The monoisotopic (exact) mass is 390 g/mol. The van der Waals surface area contributed by atoms with E-state index in [-0.39, 0.29) is 32.8 Å². The van der Waals surface area contributed by atoms with E-state index in [0.717, 1.165) is 10.9 Å². The van der Waals surface area contributed by atoms with Crippen molar-refractivity contribution in [3.05, 3.63) is 54.1 Å². The Hall–Kier alpha value is -2.10. The van der Waals surface area contributed by atoms with Gasteiger partial charge in [-0.3, -0.25) is 0 Å². The van der Waals surface area contributed by atoms with Gasteiger partial charge in [-0.25, -0.2) is 0 Å². The molecule has 2 aromatic rings. The first-order chi connectivity index (χ1) is 11.7. The minimum absolute atomic E-state index is 0.195. The number of rotatable bonds is 5. The van der Waals surface area contributed by atoms with Gasteiger partial charge >= 0.3 is 147 Å². The Balaban J connectivity index is 1.75. The number of benzene rings is 2. The van der Waals surface area contributed by atoms with E-state index in [0.29, 0.717) is 24.3 Å². The van der Waals surface area contributed by atoms with Crippen molar-refractivity contribution in [3.8, 4) is 11.5 Å². The number of hydrogen-bond donors (Lipinski definition) is 0. The van der Waals surface area contributed by atoms with Gasteiger partial charge in [-0.1, -0.05) is 0 Å².